The number of nitrogens with zero attached hydrogens (tertiary/aromatic N) is 1. The van der Waals surface area contributed by atoms with Crippen molar-refractivity contribution in [2.24, 2.45) is 4.99 Å². The normalized spacial score (nSPS) is 17.0. The van der Waals surface area contributed by atoms with Gasteiger partial charge in [-0.05, 0) is 67.1 Å². The molecule has 26 heavy (non-hydrogen) atoms. The van der Waals surface area contributed by atoms with Crippen LogP contribution in [0.4, 0.5) is 5.69 Å². The maximum atomic E-state index is 12.3. The number of aryl methyl sites for hydroxylation is 2. The van der Waals surface area contributed by atoms with Crippen molar-refractivity contribution in [2.75, 3.05) is 7.11 Å². The van der Waals surface area contributed by atoms with E-state index >= 15 is 0 Å². The number of hydrogen-bond donors (Lipinski definition) is 2. The predicted octanol–water partition coefficient (Wildman–Crippen LogP) is 4.67. The summed E-state index contributed by atoms with van der Waals surface area (Å²) in [5.41, 5.74) is 3.50. The Morgan fingerprint density at radius 2 is 1.88 bits per heavy atom. The first-order chi connectivity index (χ1) is 12.4. The van der Waals surface area contributed by atoms with Crippen LogP contribution in [0.2, 0.25) is 0 Å². The van der Waals surface area contributed by atoms with E-state index in [0.29, 0.717) is 21.4 Å². The summed E-state index contributed by atoms with van der Waals surface area (Å²) in [7, 11) is 1.48. The molecule has 2 aromatic carbocycles. The maximum absolute atomic E-state index is 12.3. The molecular formula is C19H17BrN2O3S. The summed E-state index contributed by atoms with van der Waals surface area (Å²) in [6, 6.07) is 9.36. The number of ether oxygens (including phenoxy) is 1. The minimum Gasteiger partial charge on any atom is -0.504 e. The second-order valence-electron chi connectivity index (χ2n) is 5.87. The van der Waals surface area contributed by atoms with E-state index in [4.69, 9.17) is 4.74 Å². The van der Waals surface area contributed by atoms with Gasteiger partial charge in [0, 0.05) is 10.0 Å². The van der Waals surface area contributed by atoms with E-state index in [9.17, 15) is 9.90 Å². The Kier molecular flexibility index (Phi) is 5.38. The minimum atomic E-state index is -0.253. The Morgan fingerprint density at radius 3 is 2.54 bits per heavy atom. The Balaban J connectivity index is 1.92. The molecule has 1 saturated heterocycles. The molecule has 1 fully saturated rings. The summed E-state index contributed by atoms with van der Waals surface area (Å²) in [5, 5.41) is 13.5. The van der Waals surface area contributed by atoms with Gasteiger partial charge in [0.15, 0.2) is 16.7 Å². The molecule has 0 aliphatic carbocycles. The average molecular weight is 433 g/mol. The lowest BCUT2D eigenvalue weighted by atomic mass is 10.1. The standard InChI is InChI=1S/C19H17BrN2O3S/c1-10-4-11(2)6-14(5-10)21-19-22-18(24)16(26-19)8-12-7-13(20)9-15(25-3)17(12)23/h4-9,23H,1-3H3,(H,21,22,24)/b16-8+. The van der Waals surface area contributed by atoms with Gasteiger partial charge in [-0.25, -0.2) is 4.99 Å². The number of rotatable bonds is 3. The van der Waals surface area contributed by atoms with E-state index in [1.807, 2.05) is 26.0 Å². The fraction of sp³-hybridized carbons (Fsp3) is 0.158. The lowest BCUT2D eigenvalue weighted by Crippen LogP contribution is -2.19. The van der Waals surface area contributed by atoms with E-state index < -0.39 is 0 Å². The van der Waals surface area contributed by atoms with Crippen LogP contribution in [0.3, 0.4) is 0 Å². The molecule has 1 aliphatic rings. The van der Waals surface area contributed by atoms with Crippen molar-refractivity contribution in [3.8, 4) is 11.5 Å². The van der Waals surface area contributed by atoms with Crippen molar-refractivity contribution in [1.29, 1.82) is 0 Å². The highest BCUT2D eigenvalue weighted by molar-refractivity contribution is 9.10. The van der Waals surface area contributed by atoms with Crippen molar-refractivity contribution in [3.05, 3.63) is 56.4 Å². The highest BCUT2D eigenvalue weighted by Crippen LogP contribution is 2.37. The number of amidine groups is 1. The van der Waals surface area contributed by atoms with Crippen LogP contribution in [0.15, 0.2) is 44.7 Å². The number of amides is 1. The molecule has 1 heterocycles. The molecule has 2 aromatic rings. The number of carbonyl (C=O) groups excluding carboxylic acids is 1. The van der Waals surface area contributed by atoms with Gasteiger partial charge in [-0.15, -0.1) is 0 Å². The molecule has 0 spiro atoms. The lowest BCUT2D eigenvalue weighted by Gasteiger charge is -2.07. The first-order valence-corrected chi connectivity index (χ1v) is 9.41. The second-order valence-corrected chi connectivity index (χ2v) is 7.82. The lowest BCUT2D eigenvalue weighted by molar-refractivity contribution is -0.115. The second kappa shape index (κ2) is 7.55. The predicted molar refractivity (Wildman–Crippen MR) is 109 cm³/mol. The van der Waals surface area contributed by atoms with Gasteiger partial charge in [-0.3, -0.25) is 4.79 Å². The zero-order valence-electron chi connectivity index (χ0n) is 14.5. The number of carbonyl (C=O) groups is 1. The quantitative estimate of drug-likeness (QED) is 0.691. The molecule has 5 nitrogen and oxygen atoms in total. The van der Waals surface area contributed by atoms with E-state index in [2.05, 4.69) is 32.3 Å². The summed E-state index contributed by atoms with van der Waals surface area (Å²) >= 11 is 4.60. The van der Waals surface area contributed by atoms with Crippen LogP contribution < -0.4 is 10.1 Å². The van der Waals surface area contributed by atoms with Gasteiger partial charge in [0.2, 0.25) is 0 Å². The van der Waals surface area contributed by atoms with E-state index in [1.165, 1.54) is 18.9 Å². The van der Waals surface area contributed by atoms with Crippen molar-refractivity contribution < 1.29 is 14.6 Å². The van der Waals surface area contributed by atoms with Crippen molar-refractivity contribution in [1.82, 2.24) is 5.32 Å². The molecule has 1 amide bonds. The molecule has 1 aliphatic heterocycles. The van der Waals surface area contributed by atoms with Crippen molar-refractivity contribution in [2.45, 2.75) is 13.8 Å². The first kappa shape index (κ1) is 18.5. The van der Waals surface area contributed by atoms with Crippen LogP contribution in [0.5, 0.6) is 11.5 Å². The number of phenolic OH excluding ortho intramolecular Hbond substituents is 1. The molecule has 0 saturated carbocycles. The maximum Gasteiger partial charge on any atom is 0.264 e. The van der Waals surface area contributed by atoms with Crippen LogP contribution in [-0.4, -0.2) is 23.3 Å². The molecule has 3 rings (SSSR count). The Hall–Kier alpha value is -2.25. The fourth-order valence-corrected chi connectivity index (χ4v) is 3.90. The third kappa shape index (κ3) is 4.11. The van der Waals surface area contributed by atoms with E-state index in [-0.39, 0.29) is 11.7 Å². The topological polar surface area (TPSA) is 70.9 Å². The summed E-state index contributed by atoms with van der Waals surface area (Å²) in [6.45, 7) is 4.01. The molecule has 0 unspecified atom stereocenters. The van der Waals surface area contributed by atoms with Gasteiger partial charge in [0.25, 0.3) is 5.91 Å². The Labute approximate surface area is 164 Å². The van der Waals surface area contributed by atoms with Gasteiger partial charge in [-0.2, -0.15) is 0 Å². The Bertz CT molecular complexity index is 934. The number of thioether (sulfide) groups is 1. The molecule has 0 atom stereocenters. The molecular weight excluding hydrogens is 416 g/mol. The van der Waals surface area contributed by atoms with Crippen LogP contribution in [0.25, 0.3) is 6.08 Å². The number of phenols is 1. The van der Waals surface area contributed by atoms with Crippen LogP contribution in [0, 0.1) is 13.8 Å². The molecule has 0 radical (unpaired) electrons. The smallest absolute Gasteiger partial charge is 0.264 e. The molecule has 0 aromatic heterocycles. The van der Waals surface area contributed by atoms with Crippen LogP contribution in [-0.2, 0) is 4.79 Å². The SMILES string of the molecule is COc1cc(Br)cc(/C=C2/SC(=Nc3cc(C)cc(C)c3)NC2=O)c1O. The van der Waals surface area contributed by atoms with Gasteiger partial charge >= 0.3 is 0 Å². The van der Waals surface area contributed by atoms with Gasteiger partial charge in [0.1, 0.15) is 0 Å². The van der Waals surface area contributed by atoms with Crippen molar-refractivity contribution in [3.63, 3.8) is 0 Å². The third-order valence-electron chi connectivity index (χ3n) is 3.66. The zero-order valence-corrected chi connectivity index (χ0v) is 16.9. The van der Waals surface area contributed by atoms with Gasteiger partial charge in [-0.1, -0.05) is 22.0 Å². The highest BCUT2D eigenvalue weighted by atomic mass is 79.9. The molecule has 2 N–H and O–H groups in total. The monoisotopic (exact) mass is 432 g/mol. The summed E-state index contributed by atoms with van der Waals surface area (Å²) in [4.78, 5) is 17.2. The summed E-state index contributed by atoms with van der Waals surface area (Å²) in [5.74, 6) is 0.0616. The molecule has 134 valence electrons. The fourth-order valence-electron chi connectivity index (χ4n) is 2.61. The number of aromatic hydroxyl groups is 1. The largest absolute Gasteiger partial charge is 0.504 e. The van der Waals surface area contributed by atoms with E-state index in [1.54, 1.807) is 18.2 Å². The molecule has 7 heteroatoms. The number of aliphatic imine (C=N–C) groups is 1. The summed E-state index contributed by atoms with van der Waals surface area (Å²) < 4.78 is 5.88. The molecule has 0 bridgehead atoms. The third-order valence-corrected chi connectivity index (χ3v) is 5.03. The highest BCUT2D eigenvalue weighted by Gasteiger charge is 2.24. The number of hydrogen-bond acceptors (Lipinski definition) is 5. The van der Waals surface area contributed by atoms with E-state index in [0.717, 1.165) is 21.3 Å². The average Bonchev–Trinajstić information content (AvgIpc) is 2.88. The number of methoxy groups -OCH3 is 1. The Morgan fingerprint density at radius 1 is 1.19 bits per heavy atom. The minimum absolute atomic E-state index is 0.0173. The number of halogens is 1. The van der Waals surface area contributed by atoms with Crippen molar-refractivity contribution >= 4 is 50.5 Å². The van der Waals surface area contributed by atoms with Gasteiger partial charge < -0.3 is 15.2 Å². The zero-order chi connectivity index (χ0) is 18.8. The van der Waals surface area contributed by atoms with Crippen LogP contribution in [0.1, 0.15) is 16.7 Å². The van der Waals surface area contributed by atoms with Gasteiger partial charge in [0.05, 0.1) is 17.7 Å². The number of nitrogens with one attached hydrogen (secondary N) is 1. The number of benzene rings is 2. The van der Waals surface area contributed by atoms with Crippen LogP contribution >= 0.6 is 27.7 Å². The first-order valence-electron chi connectivity index (χ1n) is 7.80. The summed E-state index contributed by atoms with van der Waals surface area (Å²) in [6.07, 6.45) is 1.62.